The van der Waals surface area contributed by atoms with Crippen LogP contribution in [0.1, 0.15) is 32.3 Å². The molecule has 2 N–H and O–H groups in total. The molecule has 2 heteroatoms. The highest BCUT2D eigenvalue weighted by Gasteiger charge is 2.20. The topological polar surface area (TPSA) is 29.3 Å². The third kappa shape index (κ3) is 3.47. The van der Waals surface area contributed by atoms with E-state index in [0.717, 1.165) is 18.0 Å². The summed E-state index contributed by atoms with van der Waals surface area (Å²) in [5, 5.41) is 0. The molecule has 94 valence electrons. The predicted octanol–water partition coefficient (Wildman–Crippen LogP) is 2.93. The van der Waals surface area contributed by atoms with Gasteiger partial charge in [0.2, 0.25) is 0 Å². The summed E-state index contributed by atoms with van der Waals surface area (Å²) in [6, 6.07) is 8.95. The fourth-order valence-electron chi connectivity index (χ4n) is 2.59. The summed E-state index contributed by atoms with van der Waals surface area (Å²) in [7, 11) is 0. The number of likely N-dealkylation sites (tertiary alicyclic amines) is 1. The number of rotatable bonds is 3. The maximum Gasteiger partial charge on any atom is 0.0314 e. The summed E-state index contributed by atoms with van der Waals surface area (Å²) in [5.41, 5.74) is 7.95. The highest BCUT2D eigenvalue weighted by molar-refractivity contribution is 5.39. The van der Waals surface area contributed by atoms with Crippen LogP contribution in [-0.2, 0) is 6.42 Å². The molecule has 0 radical (unpaired) electrons. The van der Waals surface area contributed by atoms with Crippen LogP contribution in [0.3, 0.4) is 0 Å². The molecular weight excluding hydrogens is 208 g/mol. The Morgan fingerprint density at radius 2 is 1.82 bits per heavy atom. The predicted molar refractivity (Wildman–Crippen MR) is 74.0 cm³/mol. The van der Waals surface area contributed by atoms with Crippen LogP contribution in [0.2, 0.25) is 0 Å². The van der Waals surface area contributed by atoms with Crippen molar-refractivity contribution in [2.45, 2.75) is 39.2 Å². The van der Waals surface area contributed by atoms with Crippen LogP contribution in [0, 0.1) is 5.92 Å². The van der Waals surface area contributed by atoms with E-state index in [-0.39, 0.29) is 0 Å². The highest BCUT2D eigenvalue weighted by Crippen LogP contribution is 2.20. The fraction of sp³-hybridized carbons (Fsp3) is 0.600. The molecule has 0 spiro atoms. The Balaban J connectivity index is 1.88. The van der Waals surface area contributed by atoms with Crippen molar-refractivity contribution >= 4 is 5.69 Å². The molecule has 1 atom stereocenters. The van der Waals surface area contributed by atoms with Gasteiger partial charge in [0, 0.05) is 11.7 Å². The summed E-state index contributed by atoms with van der Waals surface area (Å²) in [5.74, 6) is 0.912. The zero-order valence-corrected chi connectivity index (χ0v) is 11.0. The first-order valence-corrected chi connectivity index (χ1v) is 6.73. The van der Waals surface area contributed by atoms with Gasteiger partial charge in [0.25, 0.3) is 0 Å². The van der Waals surface area contributed by atoms with Crippen molar-refractivity contribution < 1.29 is 0 Å². The van der Waals surface area contributed by atoms with Crippen molar-refractivity contribution in [3.05, 3.63) is 29.8 Å². The van der Waals surface area contributed by atoms with E-state index in [0.29, 0.717) is 6.04 Å². The molecule has 1 aliphatic heterocycles. The quantitative estimate of drug-likeness (QED) is 0.812. The first-order chi connectivity index (χ1) is 8.15. The lowest BCUT2D eigenvalue weighted by Gasteiger charge is -2.35. The summed E-state index contributed by atoms with van der Waals surface area (Å²) in [6.07, 6.45) is 3.84. The minimum Gasteiger partial charge on any atom is -0.399 e. The molecule has 1 fully saturated rings. The molecule has 0 aliphatic carbocycles. The number of nitrogens with zero attached hydrogens (tertiary/aromatic N) is 1. The van der Waals surface area contributed by atoms with Crippen LogP contribution in [0.25, 0.3) is 0 Å². The molecule has 1 aromatic carbocycles. The molecule has 1 unspecified atom stereocenters. The van der Waals surface area contributed by atoms with Crippen molar-refractivity contribution in [1.82, 2.24) is 4.90 Å². The summed E-state index contributed by atoms with van der Waals surface area (Å²) < 4.78 is 0. The SMILES string of the molecule is CC1CCN(C(C)Cc2ccc(N)cc2)CC1. The lowest BCUT2D eigenvalue weighted by Crippen LogP contribution is -2.40. The molecule has 17 heavy (non-hydrogen) atoms. The maximum absolute atomic E-state index is 5.71. The van der Waals surface area contributed by atoms with Crippen molar-refractivity contribution in [2.75, 3.05) is 18.8 Å². The molecule has 0 aromatic heterocycles. The average Bonchev–Trinajstić information content (AvgIpc) is 2.33. The lowest BCUT2D eigenvalue weighted by molar-refractivity contribution is 0.146. The zero-order valence-electron chi connectivity index (χ0n) is 11.0. The van der Waals surface area contributed by atoms with Gasteiger partial charge in [0.15, 0.2) is 0 Å². The monoisotopic (exact) mass is 232 g/mol. The van der Waals surface area contributed by atoms with Crippen LogP contribution >= 0.6 is 0 Å². The first kappa shape index (κ1) is 12.4. The van der Waals surface area contributed by atoms with Crippen molar-refractivity contribution in [3.63, 3.8) is 0 Å². The number of nitrogens with two attached hydrogens (primary N) is 1. The third-order valence-corrected chi connectivity index (χ3v) is 3.95. The first-order valence-electron chi connectivity index (χ1n) is 6.73. The number of hydrogen-bond acceptors (Lipinski definition) is 2. The maximum atomic E-state index is 5.71. The van der Waals surface area contributed by atoms with Crippen LogP contribution in [0.4, 0.5) is 5.69 Å². The number of hydrogen-bond donors (Lipinski definition) is 1. The Morgan fingerprint density at radius 1 is 1.24 bits per heavy atom. The van der Waals surface area contributed by atoms with E-state index in [1.165, 1.54) is 31.5 Å². The standard InChI is InChI=1S/C15H24N2/c1-12-7-9-17(10-8-12)13(2)11-14-3-5-15(16)6-4-14/h3-6,12-13H,7-11,16H2,1-2H3. The summed E-state index contributed by atoms with van der Waals surface area (Å²) in [4.78, 5) is 2.62. The second-order valence-corrected chi connectivity index (χ2v) is 5.51. The van der Waals surface area contributed by atoms with Crippen LogP contribution in [-0.4, -0.2) is 24.0 Å². The van der Waals surface area contributed by atoms with Crippen LogP contribution in [0.5, 0.6) is 0 Å². The Morgan fingerprint density at radius 3 is 2.41 bits per heavy atom. The third-order valence-electron chi connectivity index (χ3n) is 3.95. The van der Waals surface area contributed by atoms with Gasteiger partial charge in [0.1, 0.15) is 0 Å². The van der Waals surface area contributed by atoms with Gasteiger partial charge in [-0.25, -0.2) is 0 Å². The van der Waals surface area contributed by atoms with Gasteiger partial charge in [0.05, 0.1) is 0 Å². The smallest absolute Gasteiger partial charge is 0.0314 e. The molecule has 0 bridgehead atoms. The van der Waals surface area contributed by atoms with Gasteiger partial charge in [-0.2, -0.15) is 0 Å². The van der Waals surface area contributed by atoms with E-state index in [2.05, 4.69) is 30.9 Å². The van der Waals surface area contributed by atoms with Crippen molar-refractivity contribution in [2.24, 2.45) is 5.92 Å². The van der Waals surface area contributed by atoms with E-state index in [9.17, 15) is 0 Å². The van der Waals surface area contributed by atoms with Gasteiger partial charge in [-0.1, -0.05) is 19.1 Å². The highest BCUT2D eigenvalue weighted by atomic mass is 15.2. The van der Waals surface area contributed by atoms with Gasteiger partial charge in [-0.15, -0.1) is 0 Å². The molecule has 1 heterocycles. The van der Waals surface area contributed by atoms with E-state index in [1.54, 1.807) is 0 Å². The van der Waals surface area contributed by atoms with Crippen molar-refractivity contribution in [3.8, 4) is 0 Å². The molecule has 0 amide bonds. The van der Waals surface area contributed by atoms with E-state index in [4.69, 9.17) is 5.73 Å². The summed E-state index contributed by atoms with van der Waals surface area (Å²) in [6.45, 7) is 7.23. The normalized spacial score (nSPS) is 20.4. The number of anilines is 1. The molecule has 1 aliphatic rings. The van der Waals surface area contributed by atoms with Gasteiger partial charge >= 0.3 is 0 Å². The average molecular weight is 232 g/mol. The second-order valence-electron chi connectivity index (χ2n) is 5.51. The molecule has 0 saturated carbocycles. The number of benzene rings is 1. The van der Waals surface area contributed by atoms with E-state index < -0.39 is 0 Å². The lowest BCUT2D eigenvalue weighted by atomic mass is 9.96. The fourth-order valence-corrected chi connectivity index (χ4v) is 2.59. The number of piperidine rings is 1. The minimum absolute atomic E-state index is 0.645. The van der Waals surface area contributed by atoms with E-state index in [1.807, 2.05) is 12.1 Å². The van der Waals surface area contributed by atoms with Gasteiger partial charge in [-0.05, 0) is 62.9 Å². The van der Waals surface area contributed by atoms with Gasteiger partial charge in [-0.3, -0.25) is 0 Å². The van der Waals surface area contributed by atoms with Crippen LogP contribution in [0.15, 0.2) is 24.3 Å². The van der Waals surface area contributed by atoms with Gasteiger partial charge < -0.3 is 10.6 Å². The molecule has 1 saturated heterocycles. The van der Waals surface area contributed by atoms with E-state index >= 15 is 0 Å². The van der Waals surface area contributed by atoms with Crippen LogP contribution < -0.4 is 5.73 Å². The molecular formula is C15H24N2. The Kier molecular flexibility index (Phi) is 4.06. The van der Waals surface area contributed by atoms with Crippen molar-refractivity contribution in [1.29, 1.82) is 0 Å². The summed E-state index contributed by atoms with van der Waals surface area (Å²) >= 11 is 0. The Labute approximate surface area is 105 Å². The molecule has 2 nitrogen and oxygen atoms in total. The minimum atomic E-state index is 0.645. The Bertz CT molecular complexity index is 336. The second kappa shape index (κ2) is 5.54. The largest absolute Gasteiger partial charge is 0.399 e. The zero-order chi connectivity index (χ0) is 12.3. The molecule has 2 rings (SSSR count). The Hall–Kier alpha value is -1.02. The molecule has 1 aromatic rings. The number of nitrogen functional groups attached to an aromatic ring is 1.